The van der Waals surface area contributed by atoms with E-state index in [0.29, 0.717) is 10.8 Å². The Morgan fingerprint density at radius 1 is 1.53 bits per heavy atom. The van der Waals surface area contributed by atoms with Crippen LogP contribution in [0.4, 0.5) is 0 Å². The molecule has 1 aromatic rings. The van der Waals surface area contributed by atoms with Crippen LogP contribution < -0.4 is 5.32 Å². The summed E-state index contributed by atoms with van der Waals surface area (Å²) >= 11 is 7.53. The zero-order chi connectivity index (χ0) is 14.5. The van der Waals surface area contributed by atoms with Crippen molar-refractivity contribution in [3.63, 3.8) is 0 Å². The van der Waals surface area contributed by atoms with Crippen molar-refractivity contribution in [2.45, 2.75) is 37.2 Å². The average molecular weight is 302 g/mol. The van der Waals surface area contributed by atoms with Crippen LogP contribution in [-0.2, 0) is 9.53 Å². The Morgan fingerprint density at radius 2 is 2.21 bits per heavy atom. The highest BCUT2D eigenvalue weighted by atomic mass is 35.5. The number of halogens is 1. The second kappa shape index (κ2) is 7.17. The number of thioether (sulfide) groups is 1. The van der Waals surface area contributed by atoms with Crippen LogP contribution in [0.15, 0.2) is 29.2 Å². The first-order valence-electron chi connectivity index (χ1n) is 6.12. The van der Waals surface area contributed by atoms with E-state index in [4.69, 9.17) is 16.3 Å². The summed E-state index contributed by atoms with van der Waals surface area (Å²) in [6.45, 7) is 5.87. The fourth-order valence-electron chi connectivity index (χ4n) is 1.81. The van der Waals surface area contributed by atoms with Gasteiger partial charge in [0.25, 0.3) is 0 Å². The fourth-order valence-corrected chi connectivity index (χ4v) is 3.10. The lowest BCUT2D eigenvalue weighted by Crippen LogP contribution is -2.54. The lowest BCUT2D eigenvalue weighted by molar-refractivity contribution is -0.147. The Balaban J connectivity index is 2.75. The smallest absolute Gasteiger partial charge is 0.326 e. The summed E-state index contributed by atoms with van der Waals surface area (Å²) in [6.07, 6.45) is 0. The molecule has 1 N–H and O–H groups in total. The first-order chi connectivity index (χ1) is 8.87. The zero-order valence-electron chi connectivity index (χ0n) is 11.7. The van der Waals surface area contributed by atoms with Gasteiger partial charge in [0, 0.05) is 21.7 Å². The van der Waals surface area contributed by atoms with Gasteiger partial charge in [0.2, 0.25) is 0 Å². The fraction of sp³-hybridized carbons (Fsp3) is 0.500. The van der Waals surface area contributed by atoms with E-state index in [2.05, 4.69) is 5.32 Å². The van der Waals surface area contributed by atoms with Crippen molar-refractivity contribution in [2.75, 3.05) is 12.9 Å². The molecule has 0 aliphatic carbocycles. The molecule has 0 aliphatic heterocycles. The maximum Gasteiger partial charge on any atom is 0.326 e. The van der Waals surface area contributed by atoms with Crippen LogP contribution in [0.1, 0.15) is 20.8 Å². The van der Waals surface area contributed by atoms with Crippen LogP contribution in [0.2, 0.25) is 5.02 Å². The Bertz CT molecular complexity index is 439. The minimum atomic E-state index is -0.712. The van der Waals surface area contributed by atoms with Gasteiger partial charge < -0.3 is 4.74 Å². The Labute approximate surface area is 124 Å². The van der Waals surface area contributed by atoms with Crippen molar-refractivity contribution in [3.05, 3.63) is 29.3 Å². The van der Waals surface area contributed by atoms with Crippen molar-refractivity contribution in [3.8, 4) is 0 Å². The van der Waals surface area contributed by atoms with Gasteiger partial charge in [0.15, 0.2) is 0 Å². The van der Waals surface area contributed by atoms with Gasteiger partial charge in [-0.25, -0.2) is 0 Å². The third kappa shape index (κ3) is 5.05. The van der Waals surface area contributed by atoms with Gasteiger partial charge in [0.1, 0.15) is 5.54 Å². The number of benzene rings is 1. The van der Waals surface area contributed by atoms with Crippen LogP contribution in [-0.4, -0.2) is 30.4 Å². The number of nitrogens with one attached hydrogen (secondary N) is 1. The maximum absolute atomic E-state index is 11.9. The molecule has 1 unspecified atom stereocenters. The molecule has 0 aromatic heterocycles. The number of carbonyl (C=O) groups excluding carboxylic acids is 1. The van der Waals surface area contributed by atoms with Crippen LogP contribution in [0.3, 0.4) is 0 Å². The number of methoxy groups -OCH3 is 1. The molecule has 106 valence electrons. The van der Waals surface area contributed by atoms with Gasteiger partial charge >= 0.3 is 5.97 Å². The summed E-state index contributed by atoms with van der Waals surface area (Å²) < 4.78 is 4.89. The number of ether oxygens (including phenoxy) is 1. The molecular weight excluding hydrogens is 282 g/mol. The number of hydrogen-bond donors (Lipinski definition) is 1. The van der Waals surface area contributed by atoms with Crippen LogP contribution in [0.5, 0.6) is 0 Å². The highest BCUT2D eigenvalue weighted by molar-refractivity contribution is 7.99. The predicted molar refractivity (Wildman–Crippen MR) is 80.9 cm³/mol. The number of hydrogen-bond acceptors (Lipinski definition) is 4. The van der Waals surface area contributed by atoms with Gasteiger partial charge in [-0.05, 0) is 39.0 Å². The molecule has 0 saturated heterocycles. The largest absolute Gasteiger partial charge is 0.468 e. The van der Waals surface area contributed by atoms with E-state index >= 15 is 0 Å². The Morgan fingerprint density at radius 3 is 2.74 bits per heavy atom. The molecule has 0 saturated carbocycles. The topological polar surface area (TPSA) is 38.3 Å². The van der Waals surface area contributed by atoms with E-state index in [1.165, 1.54) is 7.11 Å². The maximum atomic E-state index is 11.9. The summed E-state index contributed by atoms with van der Waals surface area (Å²) in [6, 6.07) is 7.79. The summed E-state index contributed by atoms with van der Waals surface area (Å²) in [7, 11) is 1.41. The number of esters is 1. The van der Waals surface area contributed by atoms with Gasteiger partial charge in [-0.2, -0.15) is 0 Å². The van der Waals surface area contributed by atoms with E-state index in [1.807, 2.05) is 45.0 Å². The van der Waals surface area contributed by atoms with E-state index in [-0.39, 0.29) is 12.0 Å². The average Bonchev–Trinajstić information content (AvgIpc) is 2.34. The van der Waals surface area contributed by atoms with Crippen molar-refractivity contribution in [1.82, 2.24) is 5.32 Å². The first-order valence-corrected chi connectivity index (χ1v) is 7.48. The third-order valence-electron chi connectivity index (χ3n) is 2.57. The summed E-state index contributed by atoms with van der Waals surface area (Å²) in [5.41, 5.74) is -0.712. The monoisotopic (exact) mass is 301 g/mol. The molecule has 0 bridgehead atoms. The highest BCUT2D eigenvalue weighted by Crippen LogP contribution is 2.26. The van der Waals surface area contributed by atoms with Crippen molar-refractivity contribution in [1.29, 1.82) is 0 Å². The molecule has 0 fully saturated rings. The van der Waals surface area contributed by atoms with Gasteiger partial charge in [-0.15, -0.1) is 11.8 Å². The summed E-state index contributed by atoms with van der Waals surface area (Å²) in [5, 5.41) is 3.96. The minimum absolute atomic E-state index is 0.198. The summed E-state index contributed by atoms with van der Waals surface area (Å²) in [5.74, 6) is 0.328. The Hall–Kier alpha value is -0.710. The van der Waals surface area contributed by atoms with E-state index in [0.717, 1.165) is 4.90 Å². The van der Waals surface area contributed by atoms with Crippen LogP contribution in [0, 0.1) is 0 Å². The van der Waals surface area contributed by atoms with Gasteiger partial charge in [-0.1, -0.05) is 17.7 Å². The van der Waals surface area contributed by atoms with Crippen LogP contribution >= 0.6 is 23.4 Å². The molecule has 3 nitrogen and oxygen atoms in total. The molecule has 5 heteroatoms. The molecule has 1 rings (SSSR count). The van der Waals surface area contributed by atoms with E-state index in [1.54, 1.807) is 11.8 Å². The first kappa shape index (κ1) is 16.3. The Kier molecular flexibility index (Phi) is 6.17. The quantitative estimate of drug-likeness (QED) is 0.646. The van der Waals surface area contributed by atoms with Gasteiger partial charge in [0.05, 0.1) is 7.11 Å². The zero-order valence-corrected chi connectivity index (χ0v) is 13.3. The highest BCUT2D eigenvalue weighted by Gasteiger charge is 2.34. The normalized spacial score (nSPS) is 14.2. The summed E-state index contributed by atoms with van der Waals surface area (Å²) in [4.78, 5) is 13.0. The number of carbonyl (C=O) groups is 1. The molecule has 19 heavy (non-hydrogen) atoms. The van der Waals surface area contributed by atoms with Crippen molar-refractivity contribution in [2.24, 2.45) is 0 Å². The molecule has 0 amide bonds. The predicted octanol–water partition coefficient (Wildman–Crippen LogP) is 3.36. The van der Waals surface area contributed by atoms with E-state index in [9.17, 15) is 4.79 Å². The minimum Gasteiger partial charge on any atom is -0.468 e. The van der Waals surface area contributed by atoms with E-state index < -0.39 is 5.54 Å². The van der Waals surface area contributed by atoms with Crippen molar-refractivity contribution >= 4 is 29.3 Å². The lowest BCUT2D eigenvalue weighted by atomic mass is 10.0. The standard InChI is InChI=1S/C14H20ClNO2S/c1-10(2)16-14(3,13(17)18-4)9-19-12-7-5-6-11(15)8-12/h5-8,10,16H,9H2,1-4H3. The second-order valence-electron chi connectivity index (χ2n) is 4.87. The number of rotatable bonds is 6. The molecule has 0 radical (unpaired) electrons. The van der Waals surface area contributed by atoms with Crippen LogP contribution in [0.25, 0.3) is 0 Å². The molecule has 0 spiro atoms. The molecular formula is C14H20ClNO2S. The molecule has 0 heterocycles. The molecule has 1 aromatic carbocycles. The lowest BCUT2D eigenvalue weighted by Gasteiger charge is -2.29. The molecule has 1 atom stereocenters. The second-order valence-corrected chi connectivity index (χ2v) is 6.35. The third-order valence-corrected chi connectivity index (χ3v) is 4.11. The van der Waals surface area contributed by atoms with Crippen molar-refractivity contribution < 1.29 is 9.53 Å². The van der Waals surface area contributed by atoms with Gasteiger partial charge in [-0.3, -0.25) is 10.1 Å². The molecule has 0 aliphatic rings. The SMILES string of the molecule is COC(=O)C(C)(CSc1cccc(Cl)c1)NC(C)C.